The fourth-order valence-electron chi connectivity index (χ4n) is 5.01. The topological polar surface area (TPSA) is 83.5 Å². The van der Waals surface area contributed by atoms with Crippen LogP contribution in [0.3, 0.4) is 0 Å². The highest BCUT2D eigenvalue weighted by atomic mass is 32.2. The Labute approximate surface area is 180 Å². The van der Waals surface area contributed by atoms with Gasteiger partial charge in [-0.05, 0) is 81.3 Å². The van der Waals surface area contributed by atoms with E-state index in [1.165, 1.54) is 18.2 Å². The second-order valence-electron chi connectivity index (χ2n) is 8.74. The number of rotatable bonds is 10. The molecule has 2 unspecified atom stereocenters. The predicted molar refractivity (Wildman–Crippen MR) is 120 cm³/mol. The van der Waals surface area contributed by atoms with Gasteiger partial charge in [0.25, 0.3) is 0 Å². The molecule has 0 spiro atoms. The lowest BCUT2D eigenvalue weighted by atomic mass is 9.61. The largest absolute Gasteiger partial charge is 0.481 e. The van der Waals surface area contributed by atoms with Crippen LogP contribution in [0.15, 0.2) is 41.8 Å². The van der Waals surface area contributed by atoms with E-state index in [9.17, 15) is 13.2 Å². The summed E-state index contributed by atoms with van der Waals surface area (Å²) in [6.07, 6.45) is 12.8. The van der Waals surface area contributed by atoms with E-state index >= 15 is 0 Å². The van der Waals surface area contributed by atoms with Crippen molar-refractivity contribution < 1.29 is 18.3 Å². The van der Waals surface area contributed by atoms with E-state index in [2.05, 4.69) is 16.9 Å². The molecule has 2 atom stereocenters. The molecule has 0 saturated heterocycles. The summed E-state index contributed by atoms with van der Waals surface area (Å²) in [5, 5.41) is 10.0. The van der Waals surface area contributed by atoms with Crippen molar-refractivity contribution >= 4 is 22.1 Å². The maximum absolute atomic E-state index is 12.8. The van der Waals surface area contributed by atoms with Crippen LogP contribution in [0.2, 0.25) is 0 Å². The van der Waals surface area contributed by atoms with Crippen LogP contribution in [0, 0.1) is 24.7 Å². The quantitative estimate of drug-likeness (QED) is 0.408. The zero-order chi connectivity index (χ0) is 21.6. The minimum atomic E-state index is -3.52. The summed E-state index contributed by atoms with van der Waals surface area (Å²) in [5.41, 5.74) is 1.98. The summed E-state index contributed by atoms with van der Waals surface area (Å²) >= 11 is 0. The average Bonchev–Trinajstić information content (AvgIpc) is 2.71. The van der Waals surface area contributed by atoms with Crippen molar-refractivity contribution in [3.8, 4) is 0 Å². The van der Waals surface area contributed by atoms with Gasteiger partial charge in [-0.2, -0.15) is 0 Å². The third-order valence-electron chi connectivity index (χ3n) is 6.51. The average molecular weight is 432 g/mol. The van der Waals surface area contributed by atoms with Crippen LogP contribution in [0.25, 0.3) is 6.08 Å². The van der Waals surface area contributed by atoms with Crippen molar-refractivity contribution in [3.05, 3.63) is 53.0 Å². The molecule has 3 aliphatic carbocycles. The monoisotopic (exact) mass is 431 g/mol. The van der Waals surface area contributed by atoms with Crippen LogP contribution in [0.4, 0.5) is 0 Å². The third-order valence-corrected chi connectivity index (χ3v) is 7.60. The summed E-state index contributed by atoms with van der Waals surface area (Å²) in [6, 6.07) is 7.76. The molecule has 2 N–H and O–H groups in total. The first-order chi connectivity index (χ1) is 14.3. The minimum Gasteiger partial charge on any atom is -0.481 e. The molecule has 2 bridgehead atoms. The first kappa shape index (κ1) is 22.8. The molecule has 0 heterocycles. The molecule has 3 saturated carbocycles. The van der Waals surface area contributed by atoms with Crippen LogP contribution in [0.1, 0.15) is 62.5 Å². The molecular weight excluding hydrogens is 398 g/mol. The Hall–Kier alpha value is -1.92. The number of aryl methyl sites for hydroxylation is 1. The van der Waals surface area contributed by atoms with Crippen LogP contribution in [0.5, 0.6) is 0 Å². The Bertz CT molecular complexity index is 882. The van der Waals surface area contributed by atoms with Crippen molar-refractivity contribution in [2.24, 2.45) is 17.8 Å². The van der Waals surface area contributed by atoms with Gasteiger partial charge in [0.1, 0.15) is 0 Å². The van der Waals surface area contributed by atoms with Gasteiger partial charge in [0.05, 0.1) is 0 Å². The number of hydrogen-bond donors (Lipinski definition) is 2. The number of benzene rings is 1. The molecule has 164 valence electrons. The normalized spacial score (nSPS) is 26.6. The Morgan fingerprint density at radius 2 is 1.90 bits per heavy atom. The number of carboxylic acid groups (broad SMARTS) is 1. The minimum absolute atomic E-state index is 0.0201. The molecule has 3 fully saturated rings. The van der Waals surface area contributed by atoms with Crippen LogP contribution in [-0.4, -0.2) is 25.5 Å². The third kappa shape index (κ3) is 6.54. The molecule has 0 aromatic heterocycles. The number of hydrogen-bond acceptors (Lipinski definition) is 3. The van der Waals surface area contributed by atoms with Gasteiger partial charge in [-0.15, -0.1) is 0 Å². The lowest BCUT2D eigenvalue weighted by molar-refractivity contribution is -0.137. The zero-order valence-corrected chi connectivity index (χ0v) is 18.5. The van der Waals surface area contributed by atoms with Crippen LogP contribution >= 0.6 is 0 Å². The zero-order valence-electron chi connectivity index (χ0n) is 17.7. The molecule has 0 amide bonds. The van der Waals surface area contributed by atoms with Crippen LogP contribution in [-0.2, 0) is 14.8 Å². The number of aliphatic carboxylic acids is 1. The van der Waals surface area contributed by atoms with Gasteiger partial charge in [-0.1, -0.05) is 42.0 Å². The second-order valence-corrected chi connectivity index (χ2v) is 10.3. The Kier molecular flexibility index (Phi) is 7.89. The SMILES string of the molecule is Cc1cccc(/C=C/S(=O)(=O)NC2C3CCC(CC3)C2C/C=C/CCCC(=O)O)c1. The van der Waals surface area contributed by atoms with Crippen molar-refractivity contribution in [1.29, 1.82) is 0 Å². The summed E-state index contributed by atoms with van der Waals surface area (Å²) < 4.78 is 28.6. The predicted octanol–water partition coefficient (Wildman–Crippen LogP) is 4.89. The van der Waals surface area contributed by atoms with E-state index in [0.29, 0.717) is 24.2 Å². The smallest absolute Gasteiger partial charge is 0.303 e. The maximum Gasteiger partial charge on any atom is 0.303 e. The molecule has 5 nitrogen and oxygen atoms in total. The van der Waals surface area contributed by atoms with Gasteiger partial charge in [0.15, 0.2) is 0 Å². The van der Waals surface area contributed by atoms with Crippen molar-refractivity contribution in [2.75, 3.05) is 0 Å². The molecule has 0 radical (unpaired) electrons. The molecular formula is C24H33NO4S. The van der Waals surface area contributed by atoms with E-state index in [4.69, 9.17) is 5.11 Å². The molecule has 1 aromatic carbocycles. The fourth-order valence-corrected chi connectivity index (χ4v) is 6.17. The number of carbonyl (C=O) groups is 1. The summed E-state index contributed by atoms with van der Waals surface area (Å²) in [7, 11) is -3.52. The molecule has 1 aromatic rings. The lowest BCUT2D eigenvalue weighted by Crippen LogP contribution is -2.52. The summed E-state index contributed by atoms with van der Waals surface area (Å²) in [6.45, 7) is 1.99. The van der Waals surface area contributed by atoms with Gasteiger partial charge >= 0.3 is 5.97 Å². The number of nitrogens with one attached hydrogen (secondary N) is 1. The summed E-state index contributed by atoms with van der Waals surface area (Å²) in [5.74, 6) is 0.520. The van der Waals surface area contributed by atoms with E-state index in [1.807, 2.05) is 31.2 Å². The second kappa shape index (κ2) is 10.4. The van der Waals surface area contributed by atoms with Crippen molar-refractivity contribution in [2.45, 2.75) is 64.3 Å². The Balaban J connectivity index is 1.62. The molecule has 6 heteroatoms. The van der Waals surface area contributed by atoms with Crippen molar-refractivity contribution in [1.82, 2.24) is 4.72 Å². The number of fused-ring (bicyclic) bond motifs is 3. The highest BCUT2D eigenvalue weighted by molar-refractivity contribution is 7.92. The first-order valence-corrected chi connectivity index (χ1v) is 12.5. The molecule has 0 aliphatic heterocycles. The van der Waals surface area contributed by atoms with E-state index < -0.39 is 16.0 Å². The fraction of sp³-hybridized carbons (Fsp3) is 0.542. The van der Waals surface area contributed by atoms with Gasteiger partial charge in [-0.3, -0.25) is 4.79 Å². The maximum atomic E-state index is 12.8. The Morgan fingerprint density at radius 1 is 1.17 bits per heavy atom. The summed E-state index contributed by atoms with van der Waals surface area (Å²) in [4.78, 5) is 10.6. The highest BCUT2D eigenvalue weighted by Gasteiger charge is 2.44. The van der Waals surface area contributed by atoms with Crippen molar-refractivity contribution in [3.63, 3.8) is 0 Å². The van der Waals surface area contributed by atoms with Gasteiger partial charge < -0.3 is 5.11 Å². The van der Waals surface area contributed by atoms with Gasteiger partial charge in [0, 0.05) is 17.9 Å². The van der Waals surface area contributed by atoms with E-state index in [1.54, 1.807) is 6.08 Å². The highest BCUT2D eigenvalue weighted by Crippen LogP contribution is 2.46. The lowest BCUT2D eigenvalue weighted by Gasteiger charge is -2.48. The first-order valence-electron chi connectivity index (χ1n) is 11.0. The van der Waals surface area contributed by atoms with Crippen LogP contribution < -0.4 is 4.72 Å². The number of sulfonamides is 1. The Morgan fingerprint density at radius 3 is 2.60 bits per heavy atom. The molecule has 30 heavy (non-hydrogen) atoms. The number of allylic oxidation sites excluding steroid dienone is 2. The molecule has 3 aliphatic rings. The van der Waals surface area contributed by atoms with Gasteiger partial charge in [0.2, 0.25) is 10.0 Å². The number of unbranched alkanes of at least 4 members (excludes halogenated alkanes) is 1. The van der Waals surface area contributed by atoms with E-state index in [-0.39, 0.29) is 12.5 Å². The van der Waals surface area contributed by atoms with E-state index in [0.717, 1.165) is 36.8 Å². The molecule has 4 rings (SSSR count). The van der Waals surface area contributed by atoms with Gasteiger partial charge in [-0.25, -0.2) is 13.1 Å². The standard InChI is InChI=1S/C24H33NO4S/c1-18-7-6-8-19(17-18)15-16-30(28,29)25-24-21-13-11-20(12-14-21)22(24)9-4-2-3-5-10-23(26)27/h2,4,6-8,15-17,20-22,24-25H,3,5,9-14H2,1H3,(H,26,27)/b4-2+,16-15+. The number of carboxylic acids is 1.